The van der Waals surface area contributed by atoms with Gasteiger partial charge in [0.15, 0.2) is 0 Å². The van der Waals surface area contributed by atoms with E-state index in [0.29, 0.717) is 18.9 Å². The third-order valence-corrected chi connectivity index (χ3v) is 3.54. The molecule has 2 atom stereocenters. The summed E-state index contributed by atoms with van der Waals surface area (Å²) < 4.78 is 0. The van der Waals surface area contributed by atoms with Gasteiger partial charge in [-0.15, -0.1) is 0 Å². The normalized spacial score (nSPS) is 24.8. The fourth-order valence-electron chi connectivity index (χ4n) is 2.68. The van der Waals surface area contributed by atoms with Gasteiger partial charge in [-0.25, -0.2) is 4.98 Å². The Balaban J connectivity index is 2.21. The van der Waals surface area contributed by atoms with Gasteiger partial charge in [0, 0.05) is 24.1 Å². The molecule has 2 rings (SSSR count). The number of nitrogens with two attached hydrogens (primary N) is 1. The van der Waals surface area contributed by atoms with Crippen LogP contribution < -0.4 is 11.3 Å². The van der Waals surface area contributed by atoms with Crippen LogP contribution in [-0.4, -0.2) is 16.5 Å². The molecule has 94 valence electrons. The summed E-state index contributed by atoms with van der Waals surface area (Å²) in [5.74, 6) is 2.02. The number of aromatic amines is 1. The largest absolute Gasteiger partial charge is 0.330 e. The summed E-state index contributed by atoms with van der Waals surface area (Å²) in [7, 11) is 0. The molecule has 1 saturated carbocycles. The first kappa shape index (κ1) is 12.3. The SMILES string of the molecule is CC1CCCC(c2nc(CCN)cc(=O)[nH]2)C1. The van der Waals surface area contributed by atoms with Gasteiger partial charge in [0.05, 0.1) is 0 Å². The molecule has 1 heterocycles. The number of H-pyrrole nitrogens is 1. The summed E-state index contributed by atoms with van der Waals surface area (Å²) in [6, 6.07) is 1.56. The molecule has 0 saturated heterocycles. The lowest BCUT2D eigenvalue weighted by atomic mass is 9.82. The van der Waals surface area contributed by atoms with Crippen LogP contribution in [0.25, 0.3) is 0 Å². The molecule has 17 heavy (non-hydrogen) atoms. The van der Waals surface area contributed by atoms with E-state index in [9.17, 15) is 4.79 Å². The Kier molecular flexibility index (Phi) is 3.94. The number of nitrogens with zero attached hydrogens (tertiary/aromatic N) is 1. The summed E-state index contributed by atoms with van der Waals surface area (Å²) in [4.78, 5) is 19.0. The number of aromatic nitrogens is 2. The van der Waals surface area contributed by atoms with Gasteiger partial charge in [-0.2, -0.15) is 0 Å². The molecular formula is C13H21N3O. The van der Waals surface area contributed by atoms with Crippen LogP contribution in [0.3, 0.4) is 0 Å². The minimum absolute atomic E-state index is 0.0447. The highest BCUT2D eigenvalue weighted by atomic mass is 16.1. The fourth-order valence-corrected chi connectivity index (χ4v) is 2.68. The van der Waals surface area contributed by atoms with Crippen LogP contribution in [-0.2, 0) is 6.42 Å². The summed E-state index contributed by atoms with van der Waals surface area (Å²) >= 11 is 0. The van der Waals surface area contributed by atoms with Crippen LogP contribution in [0.15, 0.2) is 10.9 Å². The number of nitrogens with one attached hydrogen (secondary N) is 1. The van der Waals surface area contributed by atoms with Crippen LogP contribution in [0, 0.1) is 5.92 Å². The Labute approximate surface area is 102 Å². The number of rotatable bonds is 3. The standard InChI is InChI=1S/C13H21N3O/c1-9-3-2-4-10(7-9)13-15-11(5-6-14)8-12(17)16-13/h8-10H,2-7,14H2,1H3,(H,15,16,17). The Bertz CT molecular complexity index is 427. The summed E-state index contributed by atoms with van der Waals surface area (Å²) in [5.41, 5.74) is 6.29. The van der Waals surface area contributed by atoms with Crippen molar-refractivity contribution in [2.24, 2.45) is 11.7 Å². The molecule has 0 amide bonds. The molecule has 0 spiro atoms. The highest BCUT2D eigenvalue weighted by Gasteiger charge is 2.22. The molecule has 0 aromatic carbocycles. The second kappa shape index (κ2) is 5.45. The maximum atomic E-state index is 11.6. The molecule has 0 bridgehead atoms. The van der Waals surface area contributed by atoms with E-state index < -0.39 is 0 Å². The monoisotopic (exact) mass is 235 g/mol. The highest BCUT2D eigenvalue weighted by Crippen LogP contribution is 2.33. The fraction of sp³-hybridized carbons (Fsp3) is 0.692. The van der Waals surface area contributed by atoms with E-state index in [-0.39, 0.29) is 5.56 Å². The van der Waals surface area contributed by atoms with Gasteiger partial charge in [-0.3, -0.25) is 4.79 Å². The third kappa shape index (κ3) is 3.16. The van der Waals surface area contributed by atoms with Gasteiger partial charge < -0.3 is 10.7 Å². The van der Waals surface area contributed by atoms with E-state index in [1.54, 1.807) is 6.07 Å². The van der Waals surface area contributed by atoms with Crippen molar-refractivity contribution in [1.82, 2.24) is 9.97 Å². The van der Waals surface area contributed by atoms with Crippen LogP contribution in [0.2, 0.25) is 0 Å². The van der Waals surface area contributed by atoms with Gasteiger partial charge in [-0.05, 0) is 25.3 Å². The first-order valence-electron chi connectivity index (χ1n) is 6.49. The van der Waals surface area contributed by atoms with Crippen molar-refractivity contribution in [3.8, 4) is 0 Å². The minimum Gasteiger partial charge on any atom is -0.330 e. The molecule has 3 N–H and O–H groups in total. The van der Waals surface area contributed by atoms with Crippen LogP contribution in [0.5, 0.6) is 0 Å². The molecule has 0 aliphatic heterocycles. The molecule has 1 aromatic rings. The quantitative estimate of drug-likeness (QED) is 0.835. The van der Waals surface area contributed by atoms with Crippen LogP contribution in [0.4, 0.5) is 0 Å². The third-order valence-electron chi connectivity index (χ3n) is 3.54. The van der Waals surface area contributed by atoms with E-state index in [1.807, 2.05) is 0 Å². The highest BCUT2D eigenvalue weighted by molar-refractivity contribution is 5.07. The lowest BCUT2D eigenvalue weighted by molar-refractivity contribution is 0.334. The van der Waals surface area contributed by atoms with E-state index >= 15 is 0 Å². The van der Waals surface area contributed by atoms with Gasteiger partial charge >= 0.3 is 0 Å². The smallest absolute Gasteiger partial charge is 0.251 e. The van der Waals surface area contributed by atoms with Crippen molar-refractivity contribution >= 4 is 0 Å². The van der Waals surface area contributed by atoms with Crippen molar-refractivity contribution in [3.63, 3.8) is 0 Å². The number of hydrogen-bond acceptors (Lipinski definition) is 3. The first-order chi connectivity index (χ1) is 8.19. The molecule has 4 heteroatoms. The number of hydrogen-bond donors (Lipinski definition) is 2. The molecule has 1 fully saturated rings. The zero-order valence-corrected chi connectivity index (χ0v) is 10.4. The Hall–Kier alpha value is -1.16. The van der Waals surface area contributed by atoms with Crippen molar-refractivity contribution in [1.29, 1.82) is 0 Å². The average molecular weight is 235 g/mol. The van der Waals surface area contributed by atoms with Gasteiger partial charge in [-0.1, -0.05) is 19.8 Å². The van der Waals surface area contributed by atoms with E-state index in [0.717, 1.165) is 30.3 Å². The van der Waals surface area contributed by atoms with Crippen molar-refractivity contribution in [2.45, 2.75) is 44.9 Å². The Morgan fingerprint density at radius 3 is 3.06 bits per heavy atom. The Morgan fingerprint density at radius 2 is 2.35 bits per heavy atom. The second-order valence-electron chi connectivity index (χ2n) is 5.13. The van der Waals surface area contributed by atoms with Crippen molar-refractivity contribution in [2.75, 3.05) is 6.54 Å². The van der Waals surface area contributed by atoms with E-state index in [1.165, 1.54) is 12.8 Å². The molecule has 1 aliphatic rings. The van der Waals surface area contributed by atoms with Crippen molar-refractivity contribution in [3.05, 3.63) is 27.9 Å². The second-order valence-corrected chi connectivity index (χ2v) is 5.13. The molecule has 0 radical (unpaired) electrons. The maximum Gasteiger partial charge on any atom is 0.251 e. The van der Waals surface area contributed by atoms with Gasteiger partial charge in [0.25, 0.3) is 5.56 Å². The zero-order chi connectivity index (χ0) is 12.3. The van der Waals surface area contributed by atoms with Gasteiger partial charge in [0.2, 0.25) is 0 Å². The predicted molar refractivity (Wildman–Crippen MR) is 68.0 cm³/mol. The van der Waals surface area contributed by atoms with E-state index in [4.69, 9.17) is 5.73 Å². The molecule has 4 nitrogen and oxygen atoms in total. The molecule has 2 unspecified atom stereocenters. The first-order valence-corrected chi connectivity index (χ1v) is 6.49. The Morgan fingerprint density at radius 1 is 1.53 bits per heavy atom. The minimum atomic E-state index is -0.0447. The summed E-state index contributed by atoms with van der Waals surface area (Å²) in [5, 5.41) is 0. The van der Waals surface area contributed by atoms with Crippen molar-refractivity contribution < 1.29 is 0 Å². The average Bonchev–Trinajstić information content (AvgIpc) is 2.28. The lowest BCUT2D eigenvalue weighted by Gasteiger charge is -2.26. The summed E-state index contributed by atoms with van der Waals surface area (Å²) in [6.45, 7) is 2.81. The summed E-state index contributed by atoms with van der Waals surface area (Å²) in [6.07, 6.45) is 5.48. The topological polar surface area (TPSA) is 71.8 Å². The maximum absolute atomic E-state index is 11.6. The van der Waals surface area contributed by atoms with E-state index in [2.05, 4.69) is 16.9 Å². The zero-order valence-electron chi connectivity index (χ0n) is 10.4. The molecular weight excluding hydrogens is 214 g/mol. The molecule has 1 aromatic heterocycles. The van der Waals surface area contributed by atoms with Gasteiger partial charge in [0.1, 0.15) is 5.82 Å². The van der Waals surface area contributed by atoms with Crippen LogP contribution in [0.1, 0.15) is 50.0 Å². The predicted octanol–water partition coefficient (Wildman–Crippen LogP) is 1.56. The molecule has 1 aliphatic carbocycles. The lowest BCUT2D eigenvalue weighted by Crippen LogP contribution is -2.20. The van der Waals surface area contributed by atoms with Crippen LogP contribution >= 0.6 is 0 Å².